The molecule has 0 unspecified atom stereocenters. The standard InChI is InChI=1S/C19H16N2O6/c1-11-4-7-16(21(23)24)14(8-11)18-20-15(19(22)27-18)9-12-5-6-13(25-2)10-17(12)26-3/h4-10H,1-3H3. The Balaban J connectivity index is 2.04. The van der Waals surface area contributed by atoms with Crippen molar-refractivity contribution in [1.29, 1.82) is 0 Å². The number of rotatable bonds is 5. The van der Waals surface area contributed by atoms with Crippen LogP contribution in [-0.2, 0) is 9.53 Å². The van der Waals surface area contributed by atoms with Crippen LogP contribution >= 0.6 is 0 Å². The van der Waals surface area contributed by atoms with Gasteiger partial charge in [-0.15, -0.1) is 0 Å². The third-order valence-electron chi connectivity index (χ3n) is 3.93. The molecule has 0 saturated heterocycles. The Morgan fingerprint density at radius 2 is 1.93 bits per heavy atom. The maximum atomic E-state index is 12.2. The van der Waals surface area contributed by atoms with Gasteiger partial charge in [0.1, 0.15) is 17.1 Å². The summed E-state index contributed by atoms with van der Waals surface area (Å²) < 4.78 is 15.6. The summed E-state index contributed by atoms with van der Waals surface area (Å²) in [4.78, 5) is 27.1. The van der Waals surface area contributed by atoms with E-state index in [0.717, 1.165) is 5.56 Å². The number of hydrogen-bond donors (Lipinski definition) is 0. The lowest BCUT2D eigenvalue weighted by molar-refractivity contribution is -0.385. The number of carbonyl (C=O) groups is 1. The minimum atomic E-state index is -0.696. The van der Waals surface area contributed by atoms with E-state index in [1.54, 1.807) is 37.3 Å². The molecule has 0 bridgehead atoms. The van der Waals surface area contributed by atoms with Crippen molar-refractivity contribution in [2.45, 2.75) is 6.92 Å². The van der Waals surface area contributed by atoms with E-state index in [9.17, 15) is 14.9 Å². The van der Waals surface area contributed by atoms with Gasteiger partial charge in [-0.1, -0.05) is 6.07 Å². The fraction of sp³-hybridized carbons (Fsp3) is 0.158. The molecule has 0 saturated carbocycles. The molecule has 0 N–H and O–H groups in total. The minimum Gasteiger partial charge on any atom is -0.497 e. The number of nitro groups is 1. The van der Waals surface area contributed by atoms with Crippen LogP contribution in [0.25, 0.3) is 6.08 Å². The van der Waals surface area contributed by atoms with Crippen LogP contribution in [0, 0.1) is 17.0 Å². The van der Waals surface area contributed by atoms with Gasteiger partial charge in [-0.2, -0.15) is 0 Å². The Morgan fingerprint density at radius 3 is 2.59 bits per heavy atom. The van der Waals surface area contributed by atoms with Crippen molar-refractivity contribution in [2.24, 2.45) is 4.99 Å². The zero-order valence-corrected chi connectivity index (χ0v) is 14.9. The van der Waals surface area contributed by atoms with E-state index in [1.165, 1.54) is 26.4 Å². The van der Waals surface area contributed by atoms with Crippen LogP contribution in [0.1, 0.15) is 16.7 Å². The van der Waals surface area contributed by atoms with E-state index in [-0.39, 0.29) is 22.8 Å². The summed E-state index contributed by atoms with van der Waals surface area (Å²) in [5.74, 6) is 0.287. The van der Waals surface area contributed by atoms with Crippen molar-refractivity contribution < 1.29 is 23.9 Å². The van der Waals surface area contributed by atoms with Crippen LogP contribution in [0.3, 0.4) is 0 Å². The molecule has 1 aliphatic rings. The smallest absolute Gasteiger partial charge is 0.363 e. The van der Waals surface area contributed by atoms with Gasteiger partial charge in [0, 0.05) is 17.7 Å². The van der Waals surface area contributed by atoms with Gasteiger partial charge in [-0.3, -0.25) is 10.1 Å². The fourth-order valence-corrected chi connectivity index (χ4v) is 2.59. The average molecular weight is 368 g/mol. The number of ether oxygens (including phenoxy) is 3. The van der Waals surface area contributed by atoms with E-state index in [0.29, 0.717) is 17.1 Å². The molecular formula is C19H16N2O6. The topological polar surface area (TPSA) is 100 Å². The molecule has 2 aromatic rings. The largest absolute Gasteiger partial charge is 0.497 e. The zero-order valence-electron chi connectivity index (χ0n) is 14.9. The van der Waals surface area contributed by atoms with Crippen molar-refractivity contribution in [3.8, 4) is 11.5 Å². The lowest BCUT2D eigenvalue weighted by Gasteiger charge is -2.07. The van der Waals surface area contributed by atoms with Crippen molar-refractivity contribution in [1.82, 2.24) is 0 Å². The number of nitrogens with zero attached hydrogens (tertiary/aromatic N) is 2. The number of hydrogen-bond acceptors (Lipinski definition) is 7. The first-order valence-electron chi connectivity index (χ1n) is 7.93. The van der Waals surface area contributed by atoms with Crippen LogP contribution in [-0.4, -0.2) is 31.0 Å². The molecule has 0 aromatic heterocycles. The summed E-state index contributed by atoms with van der Waals surface area (Å²) in [6.45, 7) is 1.78. The van der Waals surface area contributed by atoms with E-state index >= 15 is 0 Å². The molecule has 3 rings (SSSR count). The fourth-order valence-electron chi connectivity index (χ4n) is 2.59. The van der Waals surface area contributed by atoms with Gasteiger partial charge in [0.05, 0.1) is 19.1 Å². The third kappa shape index (κ3) is 3.64. The molecule has 0 aliphatic carbocycles. The quantitative estimate of drug-likeness (QED) is 0.347. The summed E-state index contributed by atoms with van der Waals surface area (Å²) in [5.41, 5.74) is 1.36. The highest BCUT2D eigenvalue weighted by atomic mass is 16.6. The first-order valence-corrected chi connectivity index (χ1v) is 7.93. The third-order valence-corrected chi connectivity index (χ3v) is 3.93. The van der Waals surface area contributed by atoms with Crippen molar-refractivity contribution in [3.63, 3.8) is 0 Å². The van der Waals surface area contributed by atoms with E-state index in [1.807, 2.05) is 0 Å². The SMILES string of the molecule is COc1ccc(C=C2N=C(c3cc(C)ccc3[N+](=O)[O-])OC2=O)c(OC)c1. The predicted molar refractivity (Wildman–Crippen MR) is 98.0 cm³/mol. The molecule has 1 heterocycles. The van der Waals surface area contributed by atoms with Crippen molar-refractivity contribution >= 4 is 23.6 Å². The number of nitro benzene ring substituents is 1. The number of aryl methyl sites for hydroxylation is 1. The molecule has 138 valence electrons. The summed E-state index contributed by atoms with van der Waals surface area (Å²) in [6.07, 6.45) is 1.50. The Kier molecular flexibility index (Phi) is 4.89. The van der Waals surface area contributed by atoms with Crippen LogP contribution < -0.4 is 9.47 Å². The number of carbonyl (C=O) groups excluding carboxylic acids is 1. The van der Waals surface area contributed by atoms with Gasteiger partial charge in [0.25, 0.3) is 5.69 Å². The molecule has 1 aliphatic heterocycles. The number of esters is 1. The second-order valence-corrected chi connectivity index (χ2v) is 5.72. The van der Waals surface area contributed by atoms with E-state index < -0.39 is 10.9 Å². The highest BCUT2D eigenvalue weighted by Crippen LogP contribution is 2.30. The lowest BCUT2D eigenvalue weighted by atomic mass is 10.1. The summed E-state index contributed by atoms with van der Waals surface area (Å²) in [6, 6.07) is 9.61. The Bertz CT molecular complexity index is 994. The van der Waals surface area contributed by atoms with Gasteiger partial charge in [-0.05, 0) is 36.8 Å². The average Bonchev–Trinajstić information content (AvgIpc) is 3.02. The van der Waals surface area contributed by atoms with E-state index in [2.05, 4.69) is 4.99 Å². The first kappa shape index (κ1) is 18.1. The summed E-state index contributed by atoms with van der Waals surface area (Å²) >= 11 is 0. The predicted octanol–water partition coefficient (Wildman–Crippen LogP) is 3.26. The van der Waals surface area contributed by atoms with Gasteiger partial charge in [0.15, 0.2) is 5.70 Å². The number of methoxy groups -OCH3 is 2. The molecule has 27 heavy (non-hydrogen) atoms. The molecule has 2 aromatic carbocycles. The van der Waals surface area contributed by atoms with Gasteiger partial charge >= 0.3 is 5.97 Å². The van der Waals surface area contributed by atoms with Crippen LogP contribution in [0.15, 0.2) is 47.1 Å². The normalized spacial score (nSPS) is 14.7. The number of cyclic esters (lactones) is 1. The highest BCUT2D eigenvalue weighted by Gasteiger charge is 2.29. The molecule has 0 atom stereocenters. The van der Waals surface area contributed by atoms with Crippen LogP contribution in [0.4, 0.5) is 5.69 Å². The minimum absolute atomic E-state index is 0.0178. The molecular weight excluding hydrogens is 352 g/mol. The van der Waals surface area contributed by atoms with Gasteiger partial charge < -0.3 is 14.2 Å². The van der Waals surface area contributed by atoms with Crippen LogP contribution in [0.2, 0.25) is 0 Å². The Morgan fingerprint density at radius 1 is 1.15 bits per heavy atom. The second-order valence-electron chi connectivity index (χ2n) is 5.72. The molecule has 0 radical (unpaired) electrons. The van der Waals surface area contributed by atoms with Crippen LogP contribution in [0.5, 0.6) is 11.5 Å². The molecule has 8 nitrogen and oxygen atoms in total. The van der Waals surface area contributed by atoms with Gasteiger partial charge in [0.2, 0.25) is 5.90 Å². The Labute approximate surface area is 154 Å². The monoisotopic (exact) mass is 368 g/mol. The van der Waals surface area contributed by atoms with E-state index in [4.69, 9.17) is 14.2 Å². The van der Waals surface area contributed by atoms with Crippen molar-refractivity contribution in [3.05, 3.63) is 68.9 Å². The number of benzene rings is 2. The van der Waals surface area contributed by atoms with Gasteiger partial charge in [-0.25, -0.2) is 9.79 Å². The lowest BCUT2D eigenvalue weighted by Crippen LogP contribution is -2.08. The second kappa shape index (κ2) is 7.28. The molecule has 0 fully saturated rings. The van der Waals surface area contributed by atoms with Crippen molar-refractivity contribution in [2.75, 3.05) is 14.2 Å². The maximum absolute atomic E-state index is 12.2. The zero-order chi connectivity index (χ0) is 19.6. The summed E-state index contributed by atoms with van der Waals surface area (Å²) in [7, 11) is 3.03. The molecule has 8 heteroatoms. The summed E-state index contributed by atoms with van der Waals surface area (Å²) in [5, 5.41) is 11.3. The highest BCUT2D eigenvalue weighted by molar-refractivity contribution is 6.14. The number of aliphatic imine (C=N–C) groups is 1. The maximum Gasteiger partial charge on any atom is 0.363 e. The molecule has 0 amide bonds. The first-order chi connectivity index (χ1) is 12.9. The molecule has 0 spiro atoms. The Hall–Kier alpha value is -3.68.